The van der Waals surface area contributed by atoms with Gasteiger partial charge >= 0.3 is 24.2 Å². The van der Waals surface area contributed by atoms with Crippen LogP contribution in [0.15, 0.2) is 0 Å². The molecule has 0 bridgehead atoms. The Balaban J connectivity index is 0. The molecular weight excluding hydrogens is 354 g/mol. The van der Waals surface area contributed by atoms with E-state index in [0.717, 1.165) is 0 Å². The van der Waals surface area contributed by atoms with E-state index in [1.807, 2.05) is 0 Å². The number of aliphatic hydroxyl groups is 3. The molecule has 0 aromatic heterocycles. The molecule has 13 heteroatoms. The maximum atomic E-state index is 11.6. The van der Waals surface area contributed by atoms with Gasteiger partial charge in [0.2, 0.25) is 0 Å². The normalized spacial score (nSPS) is 13.0. The van der Waals surface area contributed by atoms with Crippen LogP contribution in [0, 0.1) is 0 Å². The minimum atomic E-state index is -4.98. The lowest BCUT2D eigenvalue weighted by Gasteiger charge is -2.14. The van der Waals surface area contributed by atoms with Crippen LogP contribution >= 0.6 is 0 Å². The van der Waals surface area contributed by atoms with Crippen molar-refractivity contribution in [2.24, 2.45) is 0 Å². The minimum absolute atomic E-state index is 0.262. The zero-order valence-electron chi connectivity index (χ0n) is 12.4. The van der Waals surface area contributed by atoms with Crippen molar-refractivity contribution in [1.29, 1.82) is 0 Å². The predicted octanol–water partition coefficient (Wildman–Crippen LogP) is -0.546. The molecule has 0 aromatic carbocycles. The fraction of sp³-hybridized carbons (Fsp3) is 0.818. The number of carbonyl (C=O) groups is 2. The summed E-state index contributed by atoms with van der Waals surface area (Å²) in [6.45, 7) is -0.396. The summed E-state index contributed by atoms with van der Waals surface area (Å²) in [4.78, 5) is 20.4. The van der Waals surface area contributed by atoms with Gasteiger partial charge in [-0.15, -0.1) is 0 Å². The van der Waals surface area contributed by atoms with Crippen molar-refractivity contribution in [3.8, 4) is 0 Å². The lowest BCUT2D eigenvalue weighted by Crippen LogP contribution is -2.46. The number of hydrogen-bond acceptors (Lipinski definition) is 5. The molecule has 7 nitrogen and oxygen atoms in total. The Kier molecular flexibility index (Phi) is 11.3. The first-order valence-corrected chi connectivity index (χ1v) is 6.41. The highest BCUT2D eigenvalue weighted by Gasteiger charge is 2.40. The Morgan fingerprint density at radius 1 is 0.792 bits per heavy atom. The summed E-state index contributed by atoms with van der Waals surface area (Å²) in [6, 6.07) is -2.08. The molecule has 24 heavy (non-hydrogen) atoms. The Morgan fingerprint density at radius 2 is 1.08 bits per heavy atom. The van der Waals surface area contributed by atoms with E-state index in [4.69, 9.17) is 15.3 Å². The zero-order valence-corrected chi connectivity index (χ0v) is 12.4. The maximum absolute atomic E-state index is 11.6. The molecule has 0 spiro atoms. The SMILES string of the molecule is CCC(CO)NC(=O)C(F)(F)F.O=C(NC(CO)CO)C(F)(F)F. The van der Waals surface area contributed by atoms with Crippen LogP contribution in [0.2, 0.25) is 0 Å². The van der Waals surface area contributed by atoms with Gasteiger partial charge in [-0.3, -0.25) is 9.59 Å². The minimum Gasteiger partial charge on any atom is -0.394 e. The van der Waals surface area contributed by atoms with Crippen LogP contribution in [0.25, 0.3) is 0 Å². The summed E-state index contributed by atoms with van der Waals surface area (Å²) < 4.78 is 69.3. The molecule has 1 atom stereocenters. The fourth-order valence-corrected chi connectivity index (χ4v) is 0.960. The molecule has 0 aliphatic rings. The summed E-state index contributed by atoms with van der Waals surface area (Å²) in [6.07, 6.45) is -9.59. The first-order chi connectivity index (χ1) is 10.8. The second-order valence-electron chi connectivity index (χ2n) is 4.29. The summed E-state index contributed by atoms with van der Waals surface area (Å²) >= 11 is 0. The molecular formula is C11H18F6N2O5. The molecule has 0 saturated carbocycles. The van der Waals surface area contributed by atoms with Crippen LogP contribution in [0.5, 0.6) is 0 Å². The van der Waals surface area contributed by atoms with Gasteiger partial charge in [-0.1, -0.05) is 6.92 Å². The Bertz CT molecular complexity index is 344. The van der Waals surface area contributed by atoms with Gasteiger partial charge in [0.05, 0.1) is 31.9 Å². The molecule has 0 aromatic rings. The van der Waals surface area contributed by atoms with E-state index in [0.29, 0.717) is 0 Å². The maximum Gasteiger partial charge on any atom is 0.471 e. The quantitative estimate of drug-likeness (QED) is 0.401. The van der Waals surface area contributed by atoms with E-state index in [9.17, 15) is 35.9 Å². The van der Waals surface area contributed by atoms with Crippen molar-refractivity contribution in [2.45, 2.75) is 37.8 Å². The highest BCUT2D eigenvalue weighted by molar-refractivity contribution is 5.82. The van der Waals surface area contributed by atoms with Gasteiger partial charge in [0.25, 0.3) is 0 Å². The molecule has 144 valence electrons. The average molecular weight is 372 g/mol. The Labute approximate surface area is 132 Å². The third-order valence-corrected chi connectivity index (χ3v) is 2.34. The smallest absolute Gasteiger partial charge is 0.394 e. The standard InChI is InChI=1S/C6H10F3NO2.C5H8F3NO3/c1-2-4(3-11)10-5(12)6(7,8)9;6-5(7,8)4(12)9-3(1-10)2-11/h4,11H,2-3H2,1H3,(H,10,12);3,10-11H,1-2H2,(H,9,12). The molecule has 1 unspecified atom stereocenters. The third-order valence-electron chi connectivity index (χ3n) is 2.34. The van der Waals surface area contributed by atoms with Gasteiger partial charge < -0.3 is 26.0 Å². The number of halogens is 6. The number of carbonyl (C=O) groups excluding carboxylic acids is 2. The average Bonchev–Trinajstić information content (AvgIpc) is 2.48. The van der Waals surface area contributed by atoms with Gasteiger partial charge in [0, 0.05) is 0 Å². The van der Waals surface area contributed by atoms with E-state index in [1.54, 1.807) is 12.2 Å². The van der Waals surface area contributed by atoms with Gasteiger partial charge in [-0.25, -0.2) is 0 Å². The number of aliphatic hydroxyl groups excluding tert-OH is 3. The topological polar surface area (TPSA) is 119 Å². The fourth-order valence-electron chi connectivity index (χ4n) is 0.960. The van der Waals surface area contributed by atoms with E-state index in [2.05, 4.69) is 0 Å². The molecule has 0 saturated heterocycles. The number of nitrogens with one attached hydrogen (secondary N) is 2. The lowest BCUT2D eigenvalue weighted by atomic mass is 10.2. The second-order valence-corrected chi connectivity index (χ2v) is 4.29. The first kappa shape index (κ1) is 24.6. The van der Waals surface area contributed by atoms with Gasteiger partial charge in [-0.2, -0.15) is 26.3 Å². The molecule has 5 N–H and O–H groups in total. The van der Waals surface area contributed by atoms with Crippen LogP contribution < -0.4 is 10.6 Å². The number of hydrogen-bond donors (Lipinski definition) is 5. The first-order valence-electron chi connectivity index (χ1n) is 6.41. The van der Waals surface area contributed by atoms with E-state index in [-0.39, 0.29) is 6.42 Å². The van der Waals surface area contributed by atoms with E-state index < -0.39 is 56.1 Å². The van der Waals surface area contributed by atoms with Crippen LogP contribution in [-0.2, 0) is 9.59 Å². The van der Waals surface area contributed by atoms with Crippen molar-refractivity contribution in [1.82, 2.24) is 10.6 Å². The molecule has 2 amide bonds. The van der Waals surface area contributed by atoms with Crippen molar-refractivity contribution in [3.63, 3.8) is 0 Å². The van der Waals surface area contributed by atoms with Gasteiger partial charge in [-0.05, 0) is 6.42 Å². The highest BCUT2D eigenvalue weighted by atomic mass is 19.4. The predicted molar refractivity (Wildman–Crippen MR) is 67.5 cm³/mol. The van der Waals surface area contributed by atoms with Crippen molar-refractivity contribution >= 4 is 11.8 Å². The van der Waals surface area contributed by atoms with Crippen LogP contribution in [0.4, 0.5) is 26.3 Å². The largest absolute Gasteiger partial charge is 0.471 e. The second kappa shape index (κ2) is 11.0. The molecule has 0 aliphatic carbocycles. The van der Waals surface area contributed by atoms with Crippen molar-refractivity contribution in [2.75, 3.05) is 19.8 Å². The zero-order chi connectivity index (χ0) is 19.6. The van der Waals surface area contributed by atoms with Crippen molar-refractivity contribution < 1.29 is 51.3 Å². The summed E-state index contributed by atoms with van der Waals surface area (Å²) in [5.41, 5.74) is 0. The highest BCUT2D eigenvalue weighted by Crippen LogP contribution is 2.15. The number of amides is 2. The van der Waals surface area contributed by atoms with Crippen LogP contribution in [0.3, 0.4) is 0 Å². The van der Waals surface area contributed by atoms with Gasteiger partial charge in [0.1, 0.15) is 0 Å². The lowest BCUT2D eigenvalue weighted by molar-refractivity contribution is -0.174. The Hall–Kier alpha value is -1.60. The molecule has 0 fully saturated rings. The summed E-state index contributed by atoms with van der Waals surface area (Å²) in [5.74, 6) is -4.18. The summed E-state index contributed by atoms with van der Waals surface area (Å²) in [7, 11) is 0. The van der Waals surface area contributed by atoms with E-state index in [1.165, 1.54) is 5.32 Å². The molecule has 0 radical (unpaired) electrons. The molecule has 0 rings (SSSR count). The van der Waals surface area contributed by atoms with Crippen molar-refractivity contribution in [3.05, 3.63) is 0 Å². The van der Waals surface area contributed by atoms with Crippen LogP contribution in [-0.4, -0.2) is 71.4 Å². The number of alkyl halides is 6. The number of rotatable bonds is 6. The molecule has 0 aliphatic heterocycles. The molecule has 0 heterocycles. The van der Waals surface area contributed by atoms with E-state index >= 15 is 0 Å². The van der Waals surface area contributed by atoms with Gasteiger partial charge in [0.15, 0.2) is 0 Å². The van der Waals surface area contributed by atoms with Crippen LogP contribution in [0.1, 0.15) is 13.3 Å². The monoisotopic (exact) mass is 372 g/mol. The summed E-state index contributed by atoms with van der Waals surface area (Å²) in [5, 5.41) is 28.1. The third kappa shape index (κ3) is 11.0. The Morgan fingerprint density at radius 3 is 1.29 bits per heavy atom.